The van der Waals surface area contributed by atoms with Gasteiger partial charge < -0.3 is 87.7 Å². The first-order valence-corrected chi connectivity index (χ1v) is 30.1. The number of carbonyl (C=O) groups excluding carboxylic acids is 9. The molecule has 3 aliphatic heterocycles. The minimum atomic E-state index is -2.37. The summed E-state index contributed by atoms with van der Waals surface area (Å²) in [6.45, 7) is 8.69. The van der Waals surface area contributed by atoms with Gasteiger partial charge in [0.15, 0.2) is 0 Å². The second-order valence-electron chi connectivity index (χ2n) is 22.4. The quantitative estimate of drug-likeness (QED) is 0.0380. The number of phenols is 1. The number of hydrogen-bond donors (Lipinski definition) is 14. The van der Waals surface area contributed by atoms with E-state index < -0.39 is 176 Å². The molecule has 1 aromatic carbocycles. The molecule has 0 spiro atoms. The number of unbranched alkanes of at least 4 members (excludes halogenated alkanes) is 6. The van der Waals surface area contributed by atoms with Crippen LogP contribution in [0, 0.1) is 11.8 Å². The molecular formula is C56H90N8O18S. The molecule has 1 aromatic rings. The molecule has 0 aliphatic carbocycles. The SMILES string of the molecule is CCCCOC(=O)CS[C@H]1NC(=O)[C@@H]2[C@@H](O)CCN2C(=O)[C@H]([C@H](O)CC(N)=O)NC(=O)[C@H]([C@H](O)[C@@H](O)c2ccc(O)cc2)NC(=O)[C@@H]2C[C@@H](O)CN2C(=O)[C@H]([C@@H](C)O)NC(=O)[C@@H](NC(=O)CCCCCCCCC(C)CC(C)CC)C[C@H]1O. The summed E-state index contributed by atoms with van der Waals surface area (Å²) in [6.07, 6.45) is -6.50. The molecule has 2 unspecified atom stereocenters. The monoisotopic (exact) mass is 1190 g/mol. The molecule has 15 N–H and O–H groups in total. The Bertz CT molecular complexity index is 2320. The topological polar surface area (TPSA) is 417 Å². The van der Waals surface area contributed by atoms with Crippen molar-refractivity contribution >= 4 is 65.0 Å². The summed E-state index contributed by atoms with van der Waals surface area (Å²) < 4.78 is 5.29. The van der Waals surface area contributed by atoms with E-state index in [4.69, 9.17) is 10.5 Å². The molecule has 26 nitrogen and oxygen atoms in total. The van der Waals surface area contributed by atoms with Crippen molar-refractivity contribution in [3.8, 4) is 5.75 Å². The van der Waals surface area contributed by atoms with E-state index in [-0.39, 0.29) is 30.8 Å². The molecule has 0 radical (unpaired) electrons. The number of aliphatic hydroxyl groups is 7. The summed E-state index contributed by atoms with van der Waals surface area (Å²) in [5.74, 6) is -9.70. The Labute approximate surface area is 488 Å². The van der Waals surface area contributed by atoms with E-state index in [0.717, 1.165) is 67.4 Å². The zero-order valence-electron chi connectivity index (χ0n) is 48.2. The van der Waals surface area contributed by atoms with Crippen molar-refractivity contribution in [3.05, 3.63) is 29.8 Å². The van der Waals surface area contributed by atoms with Crippen LogP contribution in [0.5, 0.6) is 5.75 Å². The highest BCUT2D eigenvalue weighted by molar-refractivity contribution is 8.00. The number of aromatic hydroxyl groups is 1. The Morgan fingerprint density at radius 1 is 0.747 bits per heavy atom. The van der Waals surface area contributed by atoms with Gasteiger partial charge >= 0.3 is 5.97 Å². The van der Waals surface area contributed by atoms with E-state index in [1.54, 1.807) is 0 Å². The largest absolute Gasteiger partial charge is 0.508 e. The van der Waals surface area contributed by atoms with E-state index in [9.17, 15) is 84.0 Å². The zero-order chi connectivity index (χ0) is 61.7. The predicted molar refractivity (Wildman–Crippen MR) is 302 cm³/mol. The number of fused-ring (bicyclic) bond motifs is 2. The predicted octanol–water partition coefficient (Wildman–Crippen LogP) is -1.26. The molecule has 0 saturated carbocycles. The fourth-order valence-corrected chi connectivity index (χ4v) is 11.4. The molecule has 16 atom stereocenters. The molecule has 27 heteroatoms. The van der Waals surface area contributed by atoms with Gasteiger partial charge in [0.2, 0.25) is 47.3 Å². The number of esters is 1. The molecule has 0 bridgehead atoms. The van der Waals surface area contributed by atoms with Gasteiger partial charge in [-0.15, -0.1) is 11.8 Å². The van der Waals surface area contributed by atoms with Crippen LogP contribution in [0.2, 0.25) is 0 Å². The van der Waals surface area contributed by atoms with E-state index in [1.165, 1.54) is 18.6 Å². The first kappa shape index (κ1) is 69.8. The molecule has 3 fully saturated rings. The van der Waals surface area contributed by atoms with Crippen molar-refractivity contribution in [1.29, 1.82) is 0 Å². The Kier molecular flexibility index (Phi) is 28.9. The Morgan fingerprint density at radius 3 is 2.01 bits per heavy atom. The van der Waals surface area contributed by atoms with Gasteiger partial charge in [-0.1, -0.05) is 91.2 Å². The molecule has 3 heterocycles. The highest BCUT2D eigenvalue weighted by Gasteiger charge is 2.49. The smallest absolute Gasteiger partial charge is 0.315 e. The van der Waals surface area contributed by atoms with E-state index >= 15 is 0 Å². The van der Waals surface area contributed by atoms with E-state index in [2.05, 4.69) is 47.4 Å². The Morgan fingerprint density at radius 2 is 1.37 bits per heavy atom. The highest BCUT2D eigenvalue weighted by atomic mass is 32.2. The second kappa shape index (κ2) is 34.3. The number of benzene rings is 1. The number of amides is 8. The fourth-order valence-electron chi connectivity index (χ4n) is 10.5. The van der Waals surface area contributed by atoms with Crippen molar-refractivity contribution < 1.29 is 88.7 Å². The van der Waals surface area contributed by atoms with Gasteiger partial charge in [-0.05, 0) is 62.1 Å². The lowest BCUT2D eigenvalue weighted by atomic mass is 9.91. The molecule has 468 valence electrons. The summed E-state index contributed by atoms with van der Waals surface area (Å²) in [5.41, 5.74) is 5.28. The van der Waals surface area contributed by atoms with E-state index in [0.29, 0.717) is 49.3 Å². The fraction of sp³-hybridized carbons (Fsp3) is 0.732. The summed E-state index contributed by atoms with van der Waals surface area (Å²) in [4.78, 5) is 128. The van der Waals surface area contributed by atoms with Crippen molar-refractivity contribution in [2.45, 2.75) is 222 Å². The van der Waals surface area contributed by atoms with Crippen LogP contribution in [0.1, 0.15) is 149 Å². The molecule has 0 aromatic heterocycles. The summed E-state index contributed by atoms with van der Waals surface area (Å²) >= 11 is 0.623. The lowest BCUT2D eigenvalue weighted by molar-refractivity contribution is -0.148. The van der Waals surface area contributed by atoms with Gasteiger partial charge in [-0.2, -0.15) is 0 Å². The highest BCUT2D eigenvalue weighted by Crippen LogP contribution is 2.28. The second-order valence-corrected chi connectivity index (χ2v) is 23.6. The van der Waals surface area contributed by atoms with Gasteiger partial charge in [0, 0.05) is 32.4 Å². The zero-order valence-corrected chi connectivity index (χ0v) is 49.0. The van der Waals surface area contributed by atoms with Crippen LogP contribution in [-0.4, -0.2) is 208 Å². The van der Waals surface area contributed by atoms with Gasteiger partial charge in [0.1, 0.15) is 59.6 Å². The van der Waals surface area contributed by atoms with Crippen molar-refractivity contribution in [2.24, 2.45) is 17.6 Å². The number of ether oxygens (including phenoxy) is 1. The summed E-state index contributed by atoms with van der Waals surface area (Å²) in [7, 11) is 0. The number of nitrogens with two attached hydrogens (primary N) is 1. The molecule has 3 saturated heterocycles. The lowest BCUT2D eigenvalue weighted by Crippen LogP contribution is -2.64. The van der Waals surface area contributed by atoms with Gasteiger partial charge in [-0.25, -0.2) is 0 Å². The maximum atomic E-state index is 14.7. The number of nitrogens with one attached hydrogen (secondary N) is 5. The third-order valence-corrected chi connectivity index (χ3v) is 16.6. The molecule has 83 heavy (non-hydrogen) atoms. The minimum absolute atomic E-state index is 0.0371. The maximum Gasteiger partial charge on any atom is 0.315 e. The van der Waals surface area contributed by atoms with Crippen LogP contribution in [0.3, 0.4) is 0 Å². The number of nitrogens with zero attached hydrogens (tertiary/aromatic N) is 2. The third-order valence-electron chi connectivity index (χ3n) is 15.4. The summed E-state index contributed by atoms with van der Waals surface area (Å²) in [5, 5.41) is 100. The average molecular weight is 1200 g/mol. The Hall–Kier alpha value is -5.68. The number of carbonyl (C=O) groups is 9. The van der Waals surface area contributed by atoms with Crippen LogP contribution >= 0.6 is 11.8 Å². The van der Waals surface area contributed by atoms with Crippen molar-refractivity contribution in [1.82, 2.24) is 36.4 Å². The first-order valence-electron chi connectivity index (χ1n) is 29.0. The Balaban J connectivity index is 1.79. The molecule has 8 amide bonds. The number of phenolic OH excluding ortho intramolecular Hbond substituents is 1. The van der Waals surface area contributed by atoms with Gasteiger partial charge in [0.25, 0.3) is 0 Å². The standard InChI is InChI=1S/C56H90N8O18S/c1-6-8-23-82-43(73)29-83-54-40(70)26-36(58-42(72)16-14-12-10-9-11-13-15-31(4)24-30(3)7-2)50(76)59-44(32(5)65)55(80)64-28-35(67)25-37(64)51(77)61-46(49(75)48(74)33-17-19-34(66)20-18-33)52(78)60-45(39(69)27-41(57)71)56(81)63-22-21-38(68)47(63)53(79)62-54/h17-20,30-32,35-40,44-49,54,65-70,74-75H,6-16,21-29H2,1-5H3,(H2,57,71)(H,58,72)(H,59,76)(H,60,78)(H,61,77)(H,62,79)/t30?,31?,32-,35-,36+,37+,38+,39-,40-,44+,45+,46+,47+,48+,49+,54-/m1/s1. The van der Waals surface area contributed by atoms with Crippen LogP contribution in [0.25, 0.3) is 0 Å². The summed E-state index contributed by atoms with van der Waals surface area (Å²) in [6, 6.07) is -7.36. The van der Waals surface area contributed by atoms with Crippen molar-refractivity contribution in [3.63, 3.8) is 0 Å². The number of rotatable bonds is 26. The number of hydrogen-bond acceptors (Lipinski definition) is 19. The number of primary amides is 1. The number of aliphatic hydroxyl groups excluding tert-OH is 7. The van der Waals surface area contributed by atoms with E-state index in [1.807, 2.05) is 6.92 Å². The molecule has 4 rings (SSSR count). The maximum absolute atomic E-state index is 14.7. The van der Waals surface area contributed by atoms with Gasteiger partial charge in [0.05, 0.1) is 49.3 Å². The third kappa shape index (κ3) is 21.4. The van der Waals surface area contributed by atoms with Crippen LogP contribution in [0.4, 0.5) is 0 Å². The number of thioether (sulfide) groups is 1. The molecule has 3 aliphatic rings. The van der Waals surface area contributed by atoms with Crippen LogP contribution < -0.4 is 32.3 Å². The minimum Gasteiger partial charge on any atom is -0.508 e. The molecular weight excluding hydrogens is 1100 g/mol. The van der Waals surface area contributed by atoms with Crippen LogP contribution in [0.15, 0.2) is 24.3 Å². The van der Waals surface area contributed by atoms with Crippen LogP contribution in [-0.2, 0) is 47.9 Å². The normalized spacial score (nSPS) is 27.3. The van der Waals surface area contributed by atoms with Crippen molar-refractivity contribution in [2.75, 3.05) is 25.4 Å². The average Bonchev–Trinajstić information content (AvgIpc) is 4.05. The van der Waals surface area contributed by atoms with Gasteiger partial charge in [-0.3, -0.25) is 43.2 Å². The first-order chi connectivity index (χ1) is 39.3. The lowest BCUT2D eigenvalue weighted by Gasteiger charge is -2.34.